The summed E-state index contributed by atoms with van der Waals surface area (Å²) in [5, 5.41) is 70.0. The first-order valence-corrected chi connectivity index (χ1v) is 29.2. The smallest absolute Gasteiger partial charge is 0.426 e. The van der Waals surface area contributed by atoms with E-state index in [4.69, 9.17) is 5.21 Å². The quantitative estimate of drug-likeness (QED) is 0.0352. The summed E-state index contributed by atoms with van der Waals surface area (Å²) in [5.41, 5.74) is 0.202. The molecule has 2 aromatic carbocycles. The topological polar surface area (TPSA) is 315 Å². The van der Waals surface area contributed by atoms with Gasteiger partial charge in [-0.1, -0.05) is 87.9 Å². The van der Waals surface area contributed by atoms with E-state index < -0.39 is 89.3 Å². The van der Waals surface area contributed by atoms with E-state index in [-0.39, 0.29) is 41.7 Å². The van der Waals surface area contributed by atoms with Crippen LogP contribution in [0.15, 0.2) is 116 Å². The first kappa shape index (κ1) is 63.9. The molecule has 4 aliphatic carbocycles. The number of alkyl halides is 1. The summed E-state index contributed by atoms with van der Waals surface area (Å²) >= 11 is 0. The number of halogens is 1. The number of carbonyl (C=O) groups is 5. The number of hydrogen-bond donors (Lipinski definition) is 10. The monoisotopic (exact) mass is 1170 g/mol. The van der Waals surface area contributed by atoms with Gasteiger partial charge >= 0.3 is 7.12 Å². The number of aryl methyl sites for hydroxylation is 1. The molecule has 0 unspecified atom stereocenters. The number of benzene rings is 2. The minimum absolute atomic E-state index is 0.0676. The number of allylic oxidation sites excluding steroid dienone is 4. The number of nitrogens with one attached hydrogen (secondary N) is 4. The number of amides is 3. The predicted octanol–water partition coefficient (Wildman–Crippen LogP) is 4.35. The molecule has 1 saturated heterocycles. The Balaban J connectivity index is 0.000000166. The number of piperidine rings is 1. The highest BCUT2D eigenvalue weighted by Crippen LogP contribution is 2.70. The van der Waals surface area contributed by atoms with Gasteiger partial charge in [-0.05, 0) is 111 Å². The zero-order valence-corrected chi connectivity index (χ0v) is 49.1. The molecule has 4 heterocycles. The molecule has 5 aliphatic rings. The maximum absolute atomic E-state index is 16.9. The molecule has 10 N–H and O–H groups in total. The highest BCUT2D eigenvalue weighted by atomic mass is 19.1. The van der Waals surface area contributed by atoms with Gasteiger partial charge in [0.15, 0.2) is 17.2 Å². The lowest BCUT2D eigenvalue weighted by Crippen LogP contribution is -2.69. The molecular formula is C62H80BFN10O11. The first-order valence-electron chi connectivity index (χ1n) is 29.2. The van der Waals surface area contributed by atoms with E-state index in [1.165, 1.54) is 59.6 Å². The average molecular weight is 1170 g/mol. The number of anilines is 1. The third-order valence-electron chi connectivity index (χ3n) is 18.5. The summed E-state index contributed by atoms with van der Waals surface area (Å²) in [4.78, 5) is 79.5. The van der Waals surface area contributed by atoms with Gasteiger partial charge in [-0.2, -0.15) is 0 Å². The van der Waals surface area contributed by atoms with Crippen molar-refractivity contribution in [3.05, 3.63) is 138 Å². The number of hydrogen-bond acceptors (Lipinski definition) is 17. The van der Waals surface area contributed by atoms with Crippen molar-refractivity contribution in [1.29, 1.82) is 0 Å². The fourth-order valence-corrected chi connectivity index (χ4v) is 14.0. The van der Waals surface area contributed by atoms with E-state index in [1.54, 1.807) is 32.3 Å². The molecule has 23 heteroatoms. The van der Waals surface area contributed by atoms with Crippen LogP contribution in [0, 0.1) is 40.4 Å². The largest absolute Gasteiger partial charge is 0.475 e. The Labute approximate surface area is 494 Å². The van der Waals surface area contributed by atoms with Crippen LogP contribution in [0.4, 0.5) is 10.3 Å². The van der Waals surface area contributed by atoms with Gasteiger partial charge in [-0.15, -0.1) is 0 Å². The van der Waals surface area contributed by atoms with Crippen molar-refractivity contribution >= 4 is 53.3 Å². The summed E-state index contributed by atoms with van der Waals surface area (Å²) < 4.78 is 19.0. The summed E-state index contributed by atoms with van der Waals surface area (Å²) in [6, 6.07) is 16.8. The van der Waals surface area contributed by atoms with Crippen LogP contribution < -0.4 is 26.3 Å². The second-order valence-electron chi connectivity index (χ2n) is 24.3. The lowest BCUT2D eigenvalue weighted by Gasteiger charge is -2.62. The van der Waals surface area contributed by atoms with Crippen molar-refractivity contribution in [3.63, 3.8) is 0 Å². The molecule has 4 fully saturated rings. The molecule has 5 aromatic rings. The maximum atomic E-state index is 16.9. The highest BCUT2D eigenvalue weighted by Gasteiger charge is 2.75. The van der Waals surface area contributed by atoms with Crippen molar-refractivity contribution in [2.24, 2.45) is 47.5 Å². The van der Waals surface area contributed by atoms with Crippen molar-refractivity contribution in [1.82, 2.24) is 45.9 Å². The van der Waals surface area contributed by atoms with Gasteiger partial charge in [0.05, 0.1) is 23.8 Å². The second kappa shape index (κ2) is 27.1. The van der Waals surface area contributed by atoms with Crippen LogP contribution in [-0.2, 0) is 34.4 Å². The van der Waals surface area contributed by atoms with Gasteiger partial charge in [0, 0.05) is 91.7 Å². The summed E-state index contributed by atoms with van der Waals surface area (Å²) in [6.45, 7) is 12.0. The van der Waals surface area contributed by atoms with Crippen LogP contribution in [0.2, 0.25) is 0 Å². The van der Waals surface area contributed by atoms with Gasteiger partial charge in [0.1, 0.15) is 23.9 Å². The molecule has 21 nitrogen and oxygen atoms in total. The number of ketones is 2. The van der Waals surface area contributed by atoms with Gasteiger partial charge in [-0.25, -0.2) is 24.8 Å². The van der Waals surface area contributed by atoms with Crippen LogP contribution in [-0.4, -0.2) is 147 Å². The SMILES string of the molecule is CC(C)C[C@H](NC(=O)[C@H](Cc1ccccc1)NC(=O)c1cnccn1)B(O)O.C[C@@H]1C[C@H]2[C@@H]3CCC4=CC(=O)C=C[C@]4(C)[C@@]3(F)[C@@H](O)C[C@]2(C)[C@@]1(O)C(=O)CO.Cn1cc(CNCC2CCN(c3ncc(C(=O)NO)cn3)CC2)c2ccccc21. The number of carbonyl (C=O) groups excluding carboxylic acids is 5. The molecular weight excluding hydrogens is 1090 g/mol. The van der Waals surface area contributed by atoms with Gasteiger partial charge in [0.2, 0.25) is 11.9 Å². The lowest BCUT2D eigenvalue weighted by molar-refractivity contribution is -0.219. The van der Waals surface area contributed by atoms with Crippen molar-refractivity contribution in [2.75, 3.05) is 31.1 Å². The molecule has 3 aromatic heterocycles. The normalized spacial score (nSPS) is 26.7. The van der Waals surface area contributed by atoms with Crippen molar-refractivity contribution < 1.29 is 58.9 Å². The number of hydroxylamine groups is 1. The Morgan fingerprint density at radius 2 is 1.60 bits per heavy atom. The van der Waals surface area contributed by atoms with Crippen LogP contribution in [0.5, 0.6) is 0 Å². The molecule has 454 valence electrons. The highest BCUT2D eigenvalue weighted by molar-refractivity contribution is 6.43. The second-order valence-corrected chi connectivity index (χ2v) is 24.3. The van der Waals surface area contributed by atoms with E-state index >= 15 is 4.39 Å². The molecule has 1 aliphatic heterocycles. The zero-order chi connectivity index (χ0) is 61.4. The van der Waals surface area contributed by atoms with E-state index in [1.807, 2.05) is 44.2 Å². The van der Waals surface area contributed by atoms with E-state index in [9.17, 15) is 49.3 Å². The van der Waals surface area contributed by atoms with E-state index in [2.05, 4.69) is 82.9 Å². The minimum atomic E-state index is -1.98. The van der Waals surface area contributed by atoms with E-state index in [0.717, 1.165) is 44.6 Å². The third kappa shape index (κ3) is 13.3. The predicted molar refractivity (Wildman–Crippen MR) is 316 cm³/mol. The Bertz CT molecular complexity index is 3220. The molecule has 0 bridgehead atoms. The molecule has 3 amide bonds. The maximum Gasteiger partial charge on any atom is 0.475 e. The minimum Gasteiger partial charge on any atom is -0.426 e. The number of aromatic nitrogens is 5. The standard InChI is InChI=1S/C22H29FO5.C21H26N6O2.C19H25BN4O4/c1-12-8-16-15-5-4-13-9-14(25)6-7-19(13,2)21(15,23)17(26)10-20(16,3)22(12,28)18(27)11-24;1-26-14-17(18-4-2-3-5-19(18)26)11-22-10-15-6-8-27(9-7-15)21-23-12-16(13-24-21)20(28)25-29;1-13(2)10-17(20(27)28)24-18(25)15(11-14-6-4-3-5-7-14)23-19(26)16-12-21-8-9-22-16/h6-7,9,12,15-17,24,26,28H,4-5,8,10-11H2,1-3H3;2-5,12-15,22,29H,6-11H2,1H3,(H,25,28);3-9,12-13,15,17,27-28H,10-11H2,1-2H3,(H,23,26)(H,24,25)/t12-,15+,16+,17+,19+,20+,21+,22+;;15-,17-/m1.0/s1. The van der Waals surface area contributed by atoms with Gasteiger partial charge < -0.3 is 50.8 Å². The zero-order valence-electron chi connectivity index (χ0n) is 49.1. The molecule has 10 rings (SSSR count). The molecule has 0 radical (unpaired) electrons. The van der Waals surface area contributed by atoms with Crippen LogP contribution in [0.1, 0.15) is 112 Å². The number of fused-ring (bicyclic) bond motifs is 6. The third-order valence-corrected chi connectivity index (χ3v) is 18.5. The number of nitrogens with zero attached hydrogens (tertiary/aromatic N) is 6. The van der Waals surface area contributed by atoms with E-state index in [0.29, 0.717) is 43.1 Å². The average Bonchev–Trinajstić information content (AvgIpc) is 1.70. The Kier molecular flexibility index (Phi) is 20.4. The fourth-order valence-electron chi connectivity index (χ4n) is 14.0. The Morgan fingerprint density at radius 1 is 0.906 bits per heavy atom. The Morgan fingerprint density at radius 3 is 2.25 bits per heavy atom. The first-order chi connectivity index (χ1) is 40.5. The molecule has 3 saturated carbocycles. The van der Waals surface area contributed by atoms with Crippen molar-refractivity contribution in [3.8, 4) is 0 Å². The molecule has 0 spiro atoms. The fraction of sp³-hybridized carbons (Fsp3) is 0.500. The van der Waals surface area contributed by atoms with Gasteiger partial charge in [0.25, 0.3) is 11.8 Å². The number of Topliss-reactive ketones (excluding diaryl/α,β-unsaturated/α-hetero) is 1. The number of rotatable bonds is 17. The van der Waals surface area contributed by atoms with Crippen LogP contribution in [0.3, 0.4) is 0 Å². The number of aliphatic hydroxyl groups is 3. The van der Waals surface area contributed by atoms with Crippen LogP contribution >= 0.6 is 0 Å². The van der Waals surface area contributed by atoms with Crippen LogP contribution in [0.25, 0.3) is 10.9 Å². The Hall–Kier alpha value is -7.12. The molecule has 10 atom stereocenters. The molecule has 85 heavy (non-hydrogen) atoms. The number of aliphatic hydroxyl groups excluding tert-OH is 2. The van der Waals surface area contributed by atoms with Gasteiger partial charge in [-0.3, -0.25) is 34.2 Å². The summed E-state index contributed by atoms with van der Waals surface area (Å²) in [7, 11) is 0.395. The lowest BCUT2D eigenvalue weighted by atomic mass is 9.44. The summed E-state index contributed by atoms with van der Waals surface area (Å²) in [6.07, 6.45) is 16.5. The van der Waals surface area contributed by atoms with Crippen molar-refractivity contribution in [2.45, 2.75) is 122 Å². The summed E-state index contributed by atoms with van der Waals surface area (Å²) in [5.74, 6) is -3.19. The number of para-hydroxylation sites is 1.